The van der Waals surface area contributed by atoms with Crippen LogP contribution in [0.25, 0.3) is 11.3 Å². The lowest BCUT2D eigenvalue weighted by Gasteiger charge is -2.38. The first-order valence-corrected chi connectivity index (χ1v) is 12.0. The van der Waals surface area contributed by atoms with Gasteiger partial charge in [0.05, 0.1) is 17.4 Å². The fourth-order valence-corrected chi connectivity index (χ4v) is 4.07. The Balaban J connectivity index is 1.44. The predicted octanol–water partition coefficient (Wildman–Crippen LogP) is 5.34. The first-order valence-electron chi connectivity index (χ1n) is 12.0. The lowest BCUT2D eigenvalue weighted by atomic mass is 9.80. The molecule has 2 aliphatic rings. The molecule has 2 aromatic heterocycles. The molecule has 4 rings (SSSR count). The van der Waals surface area contributed by atoms with Gasteiger partial charge in [0.15, 0.2) is 0 Å². The maximum Gasteiger partial charge on any atom is 0.419 e. The molecular formula is C25H35N5O4. The Kier molecular flexibility index (Phi) is 6.40. The van der Waals surface area contributed by atoms with E-state index >= 15 is 0 Å². The van der Waals surface area contributed by atoms with Gasteiger partial charge in [-0.1, -0.05) is 0 Å². The highest BCUT2D eigenvalue weighted by Gasteiger charge is 2.39. The second kappa shape index (κ2) is 9.00. The molecule has 0 saturated heterocycles. The Morgan fingerprint density at radius 3 is 2.18 bits per heavy atom. The van der Waals surface area contributed by atoms with Gasteiger partial charge in [-0.2, -0.15) is 15.3 Å². The summed E-state index contributed by atoms with van der Waals surface area (Å²) in [5.41, 5.74) is 1.57. The van der Waals surface area contributed by atoms with Gasteiger partial charge >= 0.3 is 12.2 Å². The summed E-state index contributed by atoms with van der Waals surface area (Å²) in [4.78, 5) is 26.6. The van der Waals surface area contributed by atoms with Crippen molar-refractivity contribution in [1.82, 2.24) is 24.9 Å². The highest BCUT2D eigenvalue weighted by atomic mass is 16.6. The maximum atomic E-state index is 12.8. The molecule has 0 N–H and O–H groups in total. The average Bonchev–Trinajstić information content (AvgIpc) is 3.44. The van der Waals surface area contributed by atoms with Crippen molar-refractivity contribution in [1.29, 1.82) is 0 Å². The van der Waals surface area contributed by atoms with Gasteiger partial charge in [-0.05, 0) is 85.3 Å². The summed E-state index contributed by atoms with van der Waals surface area (Å²) in [5, 5.41) is 13.2. The predicted molar refractivity (Wildman–Crippen MR) is 126 cm³/mol. The molecule has 0 bridgehead atoms. The molecule has 34 heavy (non-hydrogen) atoms. The summed E-state index contributed by atoms with van der Waals surface area (Å²) in [6.07, 6.45) is 6.31. The minimum Gasteiger partial charge on any atom is -0.443 e. The fraction of sp³-hybridized carbons (Fsp3) is 0.640. The SMILES string of the molecule is CC(C)(C)OC(=O)N(CC1CC(n2cc(-c3cccnn3)c(C3CC3)n2)C1)C(=O)OC(C)(C)C. The number of aromatic nitrogens is 4. The number of rotatable bonds is 5. The van der Waals surface area contributed by atoms with Crippen molar-refractivity contribution >= 4 is 12.2 Å². The zero-order valence-corrected chi connectivity index (χ0v) is 20.9. The summed E-state index contributed by atoms with van der Waals surface area (Å²) in [5.74, 6) is 0.641. The van der Waals surface area contributed by atoms with Gasteiger partial charge in [0, 0.05) is 30.4 Å². The van der Waals surface area contributed by atoms with Crippen LogP contribution in [0.2, 0.25) is 0 Å². The molecule has 2 amide bonds. The van der Waals surface area contributed by atoms with Crippen LogP contribution in [0.5, 0.6) is 0 Å². The number of hydrogen-bond acceptors (Lipinski definition) is 7. The minimum absolute atomic E-state index is 0.151. The number of amides is 2. The van der Waals surface area contributed by atoms with Crippen molar-refractivity contribution in [3.05, 3.63) is 30.2 Å². The summed E-state index contributed by atoms with van der Waals surface area (Å²) >= 11 is 0. The molecular weight excluding hydrogens is 434 g/mol. The van der Waals surface area contributed by atoms with E-state index in [1.165, 1.54) is 0 Å². The Morgan fingerprint density at radius 1 is 1.06 bits per heavy atom. The van der Waals surface area contributed by atoms with Crippen molar-refractivity contribution in [2.45, 2.75) is 90.4 Å². The number of nitrogens with zero attached hydrogens (tertiary/aromatic N) is 5. The molecule has 0 aromatic carbocycles. The van der Waals surface area contributed by atoms with E-state index < -0.39 is 23.4 Å². The summed E-state index contributed by atoms with van der Waals surface area (Å²) in [6.45, 7) is 10.9. The summed E-state index contributed by atoms with van der Waals surface area (Å²) < 4.78 is 13.0. The van der Waals surface area contributed by atoms with Crippen LogP contribution >= 0.6 is 0 Å². The molecule has 0 radical (unpaired) electrons. The number of hydrogen-bond donors (Lipinski definition) is 0. The van der Waals surface area contributed by atoms with E-state index in [0.717, 1.165) is 47.5 Å². The molecule has 2 aromatic rings. The van der Waals surface area contributed by atoms with Crippen LogP contribution in [0, 0.1) is 5.92 Å². The highest BCUT2D eigenvalue weighted by Crippen LogP contribution is 2.45. The largest absolute Gasteiger partial charge is 0.443 e. The molecule has 0 aliphatic heterocycles. The first-order chi connectivity index (χ1) is 15.9. The van der Waals surface area contributed by atoms with Crippen molar-refractivity contribution in [2.75, 3.05) is 6.54 Å². The molecule has 2 saturated carbocycles. The van der Waals surface area contributed by atoms with Gasteiger partial charge in [-0.3, -0.25) is 4.68 Å². The van der Waals surface area contributed by atoms with E-state index in [9.17, 15) is 9.59 Å². The normalized spacial score (nSPS) is 20.4. The lowest BCUT2D eigenvalue weighted by molar-refractivity contribution is -0.00641. The van der Waals surface area contributed by atoms with E-state index in [4.69, 9.17) is 14.6 Å². The number of carbonyl (C=O) groups excluding carboxylic acids is 2. The van der Waals surface area contributed by atoms with Crippen LogP contribution < -0.4 is 0 Å². The van der Waals surface area contributed by atoms with Crippen LogP contribution in [-0.2, 0) is 9.47 Å². The molecule has 184 valence electrons. The second-order valence-electron chi connectivity index (χ2n) is 11.4. The van der Waals surface area contributed by atoms with E-state index in [2.05, 4.69) is 16.4 Å². The van der Waals surface area contributed by atoms with Crippen LogP contribution in [-0.4, -0.2) is 54.8 Å². The van der Waals surface area contributed by atoms with Crippen LogP contribution in [0.15, 0.2) is 24.5 Å². The van der Waals surface area contributed by atoms with Gasteiger partial charge < -0.3 is 9.47 Å². The Labute approximate surface area is 200 Å². The Morgan fingerprint density at radius 2 is 1.68 bits per heavy atom. The van der Waals surface area contributed by atoms with Crippen molar-refractivity contribution in [2.24, 2.45) is 5.92 Å². The number of ether oxygens (including phenoxy) is 2. The fourth-order valence-electron chi connectivity index (χ4n) is 4.07. The van der Waals surface area contributed by atoms with E-state index in [-0.39, 0.29) is 18.5 Å². The molecule has 2 heterocycles. The quantitative estimate of drug-likeness (QED) is 0.583. The van der Waals surface area contributed by atoms with Gasteiger partial charge in [0.2, 0.25) is 0 Å². The van der Waals surface area contributed by atoms with Crippen LogP contribution in [0.3, 0.4) is 0 Å². The topological polar surface area (TPSA) is 99.4 Å². The number of carbonyl (C=O) groups is 2. The molecule has 0 atom stereocenters. The third-order valence-electron chi connectivity index (χ3n) is 5.83. The highest BCUT2D eigenvalue weighted by molar-refractivity contribution is 5.88. The van der Waals surface area contributed by atoms with Gasteiger partial charge in [0.1, 0.15) is 11.2 Å². The molecule has 9 heteroatoms. The molecule has 9 nitrogen and oxygen atoms in total. The monoisotopic (exact) mass is 469 g/mol. The zero-order chi connectivity index (χ0) is 24.7. The third-order valence-corrected chi connectivity index (χ3v) is 5.83. The second-order valence-corrected chi connectivity index (χ2v) is 11.4. The average molecular weight is 470 g/mol. The standard InChI is InChI=1S/C25H35N5O4/c1-24(2,3)33-22(31)29(23(32)34-25(4,5)6)14-16-12-18(13-16)30-15-19(20-8-7-11-26-27-20)21(28-30)17-9-10-17/h7-8,11,15-18H,9-10,12-14H2,1-6H3. The van der Waals surface area contributed by atoms with E-state index in [0.29, 0.717) is 5.92 Å². The maximum absolute atomic E-state index is 12.8. The molecule has 0 unspecified atom stereocenters. The molecule has 2 aliphatic carbocycles. The van der Waals surface area contributed by atoms with Crippen LogP contribution in [0.4, 0.5) is 9.59 Å². The smallest absolute Gasteiger partial charge is 0.419 e. The van der Waals surface area contributed by atoms with E-state index in [1.807, 2.05) is 16.8 Å². The molecule has 2 fully saturated rings. The third kappa shape index (κ3) is 5.93. The summed E-state index contributed by atoms with van der Waals surface area (Å²) in [6, 6.07) is 4.06. The minimum atomic E-state index is -0.704. The van der Waals surface area contributed by atoms with E-state index in [1.54, 1.807) is 47.7 Å². The van der Waals surface area contributed by atoms with Crippen molar-refractivity contribution < 1.29 is 19.1 Å². The Bertz CT molecular complexity index is 1000. The Hall–Kier alpha value is -2.97. The van der Waals surface area contributed by atoms with Crippen LogP contribution in [0.1, 0.15) is 84.9 Å². The van der Waals surface area contributed by atoms with Gasteiger partial charge in [0.25, 0.3) is 0 Å². The lowest BCUT2D eigenvalue weighted by Crippen LogP contribution is -2.47. The zero-order valence-electron chi connectivity index (χ0n) is 20.9. The van der Waals surface area contributed by atoms with Gasteiger partial charge in [-0.25, -0.2) is 14.5 Å². The van der Waals surface area contributed by atoms with Gasteiger partial charge in [-0.15, -0.1) is 0 Å². The van der Waals surface area contributed by atoms with Crippen molar-refractivity contribution in [3.63, 3.8) is 0 Å². The molecule has 0 spiro atoms. The first kappa shape index (κ1) is 24.2. The summed E-state index contributed by atoms with van der Waals surface area (Å²) in [7, 11) is 0. The number of imide groups is 1. The van der Waals surface area contributed by atoms with Crippen molar-refractivity contribution in [3.8, 4) is 11.3 Å².